The third-order valence-corrected chi connectivity index (χ3v) is 4.49. The maximum absolute atomic E-state index is 12.5. The van der Waals surface area contributed by atoms with Crippen LogP contribution in [0, 0.1) is 5.92 Å². The van der Waals surface area contributed by atoms with Crippen molar-refractivity contribution >= 4 is 23.5 Å². The highest BCUT2D eigenvalue weighted by molar-refractivity contribution is 6.21. The van der Waals surface area contributed by atoms with Gasteiger partial charge in [0.2, 0.25) is 0 Å². The number of carbonyl (C=O) groups is 3. The van der Waals surface area contributed by atoms with E-state index in [2.05, 4.69) is 10.6 Å². The van der Waals surface area contributed by atoms with Crippen LogP contribution < -0.4 is 20.1 Å². The first-order valence-corrected chi connectivity index (χ1v) is 9.71. The third-order valence-electron chi connectivity index (χ3n) is 4.49. The number of carbonyl (C=O) groups excluding carboxylic acids is 3. The fourth-order valence-corrected chi connectivity index (χ4v) is 3.08. The van der Waals surface area contributed by atoms with E-state index in [1.54, 1.807) is 43.5 Å². The Morgan fingerprint density at radius 2 is 1.67 bits per heavy atom. The summed E-state index contributed by atoms with van der Waals surface area (Å²) in [5, 5.41) is 5.36. The Balaban J connectivity index is 1.50. The first kappa shape index (κ1) is 21.2. The number of methoxy groups -OCH3 is 1. The number of rotatable bonds is 8. The van der Waals surface area contributed by atoms with Crippen molar-refractivity contribution < 1.29 is 23.9 Å². The fraction of sp³-hybridized carbons (Fsp3) is 0.318. The molecule has 0 unspecified atom stereocenters. The van der Waals surface area contributed by atoms with E-state index in [-0.39, 0.29) is 17.7 Å². The largest absolute Gasteiger partial charge is 0.497 e. The van der Waals surface area contributed by atoms with Crippen molar-refractivity contribution in [1.29, 1.82) is 0 Å². The average Bonchev–Trinajstić information content (AvgIpc) is 2.96. The monoisotopic (exact) mass is 411 g/mol. The number of urea groups is 1. The summed E-state index contributed by atoms with van der Waals surface area (Å²) in [6.45, 7) is 4.84. The third kappa shape index (κ3) is 4.89. The van der Waals surface area contributed by atoms with Gasteiger partial charge in [0.1, 0.15) is 18.1 Å². The van der Waals surface area contributed by atoms with Crippen LogP contribution >= 0.6 is 0 Å². The van der Waals surface area contributed by atoms with E-state index in [1.165, 1.54) is 11.0 Å². The summed E-state index contributed by atoms with van der Waals surface area (Å²) in [5.74, 6) is 0.958. The highest BCUT2D eigenvalue weighted by Gasteiger charge is 2.35. The predicted molar refractivity (Wildman–Crippen MR) is 112 cm³/mol. The Bertz CT molecular complexity index is 940. The number of fused-ring (bicyclic) bond motifs is 1. The minimum atomic E-state index is -0.427. The minimum Gasteiger partial charge on any atom is -0.497 e. The molecule has 30 heavy (non-hydrogen) atoms. The van der Waals surface area contributed by atoms with Crippen LogP contribution in [0.1, 0.15) is 34.6 Å². The SMILES string of the molecule is COc1ccc(OCCNC(=O)Nc2ccc3c(c2)C(=O)N(CC(C)C)C3=O)cc1. The predicted octanol–water partition coefficient (Wildman–Crippen LogP) is 3.15. The van der Waals surface area contributed by atoms with Gasteiger partial charge in [0.15, 0.2) is 0 Å². The summed E-state index contributed by atoms with van der Waals surface area (Å²) in [4.78, 5) is 38.3. The van der Waals surface area contributed by atoms with Crippen LogP contribution in [0.2, 0.25) is 0 Å². The molecule has 0 bridgehead atoms. The molecular weight excluding hydrogens is 386 g/mol. The lowest BCUT2D eigenvalue weighted by Crippen LogP contribution is -2.33. The molecule has 0 atom stereocenters. The van der Waals surface area contributed by atoms with Gasteiger partial charge in [0, 0.05) is 12.2 Å². The Kier molecular flexibility index (Phi) is 6.56. The number of anilines is 1. The molecule has 0 saturated carbocycles. The molecule has 4 amide bonds. The summed E-state index contributed by atoms with van der Waals surface area (Å²) in [6.07, 6.45) is 0. The lowest BCUT2D eigenvalue weighted by molar-refractivity contribution is 0.0636. The Morgan fingerprint density at radius 1 is 1.00 bits per heavy atom. The number of nitrogens with one attached hydrogen (secondary N) is 2. The number of ether oxygens (including phenoxy) is 2. The number of hydrogen-bond donors (Lipinski definition) is 2. The molecule has 0 spiro atoms. The summed E-state index contributed by atoms with van der Waals surface area (Å²) < 4.78 is 10.6. The number of imide groups is 1. The van der Waals surface area contributed by atoms with E-state index in [9.17, 15) is 14.4 Å². The second-order valence-electron chi connectivity index (χ2n) is 7.28. The van der Waals surface area contributed by atoms with Crippen molar-refractivity contribution in [3.63, 3.8) is 0 Å². The molecule has 1 heterocycles. The molecule has 2 N–H and O–H groups in total. The summed E-state index contributed by atoms with van der Waals surface area (Å²) in [5.41, 5.74) is 1.11. The molecule has 0 saturated heterocycles. The van der Waals surface area contributed by atoms with Gasteiger partial charge >= 0.3 is 6.03 Å². The highest BCUT2D eigenvalue weighted by atomic mass is 16.5. The second kappa shape index (κ2) is 9.30. The molecule has 0 aliphatic carbocycles. The smallest absolute Gasteiger partial charge is 0.319 e. The molecule has 2 aromatic carbocycles. The Morgan fingerprint density at radius 3 is 2.33 bits per heavy atom. The van der Waals surface area contributed by atoms with Crippen molar-refractivity contribution in [2.45, 2.75) is 13.8 Å². The van der Waals surface area contributed by atoms with E-state index in [0.717, 1.165) is 5.75 Å². The normalized spacial score (nSPS) is 12.7. The van der Waals surface area contributed by atoms with Gasteiger partial charge in [0.25, 0.3) is 11.8 Å². The maximum atomic E-state index is 12.5. The first-order valence-electron chi connectivity index (χ1n) is 9.71. The fourth-order valence-electron chi connectivity index (χ4n) is 3.08. The van der Waals surface area contributed by atoms with Gasteiger partial charge in [-0.05, 0) is 48.4 Å². The quantitative estimate of drug-likeness (QED) is 0.514. The van der Waals surface area contributed by atoms with E-state index in [1.807, 2.05) is 13.8 Å². The van der Waals surface area contributed by atoms with Crippen LogP contribution in [-0.4, -0.2) is 49.6 Å². The summed E-state index contributed by atoms with van der Waals surface area (Å²) in [6, 6.07) is 11.4. The molecule has 2 aromatic rings. The molecule has 1 aliphatic heterocycles. The summed E-state index contributed by atoms with van der Waals surface area (Å²) in [7, 11) is 1.59. The molecule has 3 rings (SSSR count). The van der Waals surface area contributed by atoms with E-state index in [0.29, 0.717) is 42.3 Å². The number of benzene rings is 2. The molecule has 0 fully saturated rings. The molecule has 158 valence electrons. The van der Waals surface area contributed by atoms with Crippen molar-refractivity contribution in [3.8, 4) is 11.5 Å². The lowest BCUT2D eigenvalue weighted by atomic mass is 10.1. The zero-order valence-corrected chi connectivity index (χ0v) is 17.2. The van der Waals surface area contributed by atoms with Crippen LogP contribution in [0.15, 0.2) is 42.5 Å². The Labute approximate surface area is 175 Å². The molecule has 8 heteroatoms. The average molecular weight is 411 g/mol. The number of hydrogen-bond acceptors (Lipinski definition) is 5. The van der Waals surface area contributed by atoms with Gasteiger partial charge in [-0.1, -0.05) is 13.8 Å². The van der Waals surface area contributed by atoms with Crippen molar-refractivity contribution in [2.75, 3.05) is 32.1 Å². The number of amides is 4. The van der Waals surface area contributed by atoms with Gasteiger partial charge < -0.3 is 20.1 Å². The Hall–Kier alpha value is -3.55. The minimum absolute atomic E-state index is 0.177. The van der Waals surface area contributed by atoms with Crippen LogP contribution in [0.5, 0.6) is 11.5 Å². The van der Waals surface area contributed by atoms with Gasteiger partial charge in [-0.2, -0.15) is 0 Å². The zero-order chi connectivity index (χ0) is 21.7. The van der Waals surface area contributed by atoms with E-state index < -0.39 is 6.03 Å². The van der Waals surface area contributed by atoms with Crippen LogP contribution in [0.25, 0.3) is 0 Å². The van der Waals surface area contributed by atoms with Crippen molar-refractivity contribution in [1.82, 2.24) is 10.2 Å². The number of nitrogens with zero attached hydrogens (tertiary/aromatic N) is 1. The van der Waals surface area contributed by atoms with E-state index in [4.69, 9.17) is 9.47 Å². The zero-order valence-electron chi connectivity index (χ0n) is 17.2. The molecule has 0 aromatic heterocycles. The van der Waals surface area contributed by atoms with Gasteiger partial charge in [0.05, 0.1) is 24.8 Å². The lowest BCUT2D eigenvalue weighted by Gasteiger charge is -2.15. The maximum Gasteiger partial charge on any atom is 0.319 e. The van der Waals surface area contributed by atoms with Crippen molar-refractivity contribution in [2.24, 2.45) is 5.92 Å². The molecule has 0 radical (unpaired) electrons. The first-order chi connectivity index (χ1) is 14.4. The second-order valence-corrected chi connectivity index (χ2v) is 7.28. The van der Waals surface area contributed by atoms with Gasteiger partial charge in [-0.25, -0.2) is 4.79 Å². The van der Waals surface area contributed by atoms with E-state index >= 15 is 0 Å². The topological polar surface area (TPSA) is 97.0 Å². The highest BCUT2D eigenvalue weighted by Crippen LogP contribution is 2.26. The van der Waals surface area contributed by atoms with Gasteiger partial charge in [-0.3, -0.25) is 14.5 Å². The molecular formula is C22H25N3O5. The van der Waals surface area contributed by atoms with Crippen molar-refractivity contribution in [3.05, 3.63) is 53.6 Å². The van der Waals surface area contributed by atoms with Gasteiger partial charge in [-0.15, -0.1) is 0 Å². The van der Waals surface area contributed by atoms with Crippen LogP contribution in [0.3, 0.4) is 0 Å². The summed E-state index contributed by atoms with van der Waals surface area (Å²) >= 11 is 0. The molecule has 8 nitrogen and oxygen atoms in total. The van der Waals surface area contributed by atoms with Crippen LogP contribution in [0.4, 0.5) is 10.5 Å². The molecule has 1 aliphatic rings. The van der Waals surface area contributed by atoms with Crippen LogP contribution in [-0.2, 0) is 0 Å². The standard InChI is InChI=1S/C22H25N3O5/c1-14(2)13-25-20(26)18-9-4-15(12-19(18)21(25)27)24-22(28)23-10-11-30-17-7-5-16(29-3)6-8-17/h4-9,12,14H,10-11,13H2,1-3H3,(H2,23,24,28).